The van der Waals surface area contributed by atoms with Crippen LogP contribution in [-0.4, -0.2) is 28.7 Å². The number of Topliss-reactive ketones (excluding diaryl/α,β-unsaturated/α-hetero) is 1. The first-order chi connectivity index (χ1) is 15.4. The largest absolute Gasteiger partial charge is 0.396 e. The smallest absolute Gasteiger partial charge is 0.146 e. The van der Waals surface area contributed by atoms with E-state index in [9.17, 15) is 15.0 Å². The van der Waals surface area contributed by atoms with Crippen LogP contribution >= 0.6 is 0 Å². The Balaban J connectivity index is 1.57. The molecule has 33 heavy (non-hydrogen) atoms. The zero-order valence-corrected chi connectivity index (χ0v) is 22.4. The van der Waals surface area contributed by atoms with Crippen molar-refractivity contribution in [2.45, 2.75) is 106 Å². The van der Waals surface area contributed by atoms with Gasteiger partial charge in [0.2, 0.25) is 0 Å². The quantitative estimate of drug-likeness (QED) is 0.433. The van der Waals surface area contributed by atoms with Crippen molar-refractivity contribution in [3.63, 3.8) is 0 Å². The van der Waals surface area contributed by atoms with Crippen molar-refractivity contribution < 1.29 is 15.0 Å². The van der Waals surface area contributed by atoms with Gasteiger partial charge in [0.1, 0.15) is 5.78 Å². The average molecular weight is 459 g/mol. The maximum Gasteiger partial charge on any atom is 0.146 e. The number of ketones is 1. The Hall–Kier alpha value is -0.670. The number of aliphatic hydroxyl groups excluding tert-OH is 2. The summed E-state index contributed by atoms with van der Waals surface area (Å²) in [6.45, 7) is 16.9. The Morgan fingerprint density at radius 2 is 1.76 bits per heavy atom. The molecule has 10 unspecified atom stereocenters. The lowest BCUT2D eigenvalue weighted by Gasteiger charge is -2.48. The van der Waals surface area contributed by atoms with Crippen LogP contribution in [0.5, 0.6) is 0 Å². The molecular formula is C30H50O3. The summed E-state index contributed by atoms with van der Waals surface area (Å²) in [5.41, 5.74) is 1.27. The van der Waals surface area contributed by atoms with Gasteiger partial charge >= 0.3 is 0 Å². The van der Waals surface area contributed by atoms with Crippen molar-refractivity contribution in [1.82, 2.24) is 0 Å². The number of rotatable bonds is 7. The van der Waals surface area contributed by atoms with Gasteiger partial charge in [0.25, 0.3) is 0 Å². The first-order valence-corrected chi connectivity index (χ1v) is 13.9. The molecule has 3 fully saturated rings. The van der Waals surface area contributed by atoms with E-state index < -0.39 is 0 Å². The Bertz CT molecular complexity index is 785. The topological polar surface area (TPSA) is 57.5 Å². The molecule has 4 rings (SSSR count). The van der Waals surface area contributed by atoms with Crippen molar-refractivity contribution in [2.75, 3.05) is 6.61 Å². The number of fused-ring (bicyclic) bond motifs is 1. The molecular weight excluding hydrogens is 408 g/mol. The highest BCUT2D eigenvalue weighted by Gasteiger charge is 2.62. The van der Waals surface area contributed by atoms with Crippen LogP contribution in [0.25, 0.3) is 0 Å². The number of carbonyl (C=O) groups excluding carboxylic acids is 1. The minimum absolute atomic E-state index is 0.0228. The normalized spacial score (nSPS) is 47.3. The van der Waals surface area contributed by atoms with Crippen molar-refractivity contribution in [3.8, 4) is 0 Å². The maximum atomic E-state index is 14.0. The lowest BCUT2D eigenvalue weighted by atomic mass is 9.55. The van der Waals surface area contributed by atoms with Gasteiger partial charge in [-0.2, -0.15) is 0 Å². The van der Waals surface area contributed by atoms with Gasteiger partial charge in [0.05, 0.1) is 6.10 Å². The lowest BCUT2D eigenvalue weighted by Crippen LogP contribution is -2.48. The van der Waals surface area contributed by atoms with E-state index in [4.69, 9.17) is 0 Å². The number of allylic oxidation sites excluding steroid dienone is 1. The van der Waals surface area contributed by atoms with E-state index in [1.165, 1.54) is 18.4 Å². The molecule has 4 aliphatic rings. The van der Waals surface area contributed by atoms with E-state index in [-0.39, 0.29) is 29.5 Å². The standard InChI is InChI=1S/C30H50O3/c1-18(2)20(4)30(7)17-26(30)19(3)24-10-11-25(29(24,6)14-15-31)23-9-8-21-16-22(32)12-13-28(21,5)27(23)33/h8,18-20,22-26,31-32H,9-17H2,1-7H3. The minimum Gasteiger partial charge on any atom is -0.396 e. The molecule has 0 saturated heterocycles. The Kier molecular flexibility index (Phi) is 6.76. The fraction of sp³-hybridized carbons (Fsp3) is 0.900. The van der Waals surface area contributed by atoms with Crippen molar-refractivity contribution >= 4 is 5.78 Å². The van der Waals surface area contributed by atoms with E-state index in [0.29, 0.717) is 41.3 Å². The van der Waals surface area contributed by atoms with Crippen LogP contribution in [-0.2, 0) is 4.79 Å². The Labute approximate surface area is 202 Å². The third kappa shape index (κ3) is 3.98. The molecule has 188 valence electrons. The molecule has 3 saturated carbocycles. The molecule has 0 aromatic rings. The molecule has 3 heteroatoms. The zero-order chi connectivity index (χ0) is 24.3. The summed E-state index contributed by atoms with van der Waals surface area (Å²) in [6.07, 6.45) is 9.50. The molecule has 0 heterocycles. The lowest BCUT2D eigenvalue weighted by molar-refractivity contribution is -0.136. The summed E-state index contributed by atoms with van der Waals surface area (Å²) in [7, 11) is 0. The van der Waals surface area contributed by atoms with E-state index >= 15 is 0 Å². The predicted molar refractivity (Wildman–Crippen MR) is 135 cm³/mol. The van der Waals surface area contributed by atoms with Gasteiger partial charge in [-0.05, 0) is 105 Å². The van der Waals surface area contributed by atoms with Crippen LogP contribution in [0.1, 0.15) is 99.8 Å². The van der Waals surface area contributed by atoms with Crippen LogP contribution < -0.4 is 0 Å². The molecule has 3 nitrogen and oxygen atoms in total. The summed E-state index contributed by atoms with van der Waals surface area (Å²) in [6, 6.07) is 0. The van der Waals surface area contributed by atoms with Gasteiger partial charge in [0.15, 0.2) is 0 Å². The van der Waals surface area contributed by atoms with Crippen LogP contribution in [0.15, 0.2) is 11.6 Å². The van der Waals surface area contributed by atoms with Gasteiger partial charge in [-0.3, -0.25) is 4.79 Å². The van der Waals surface area contributed by atoms with Gasteiger partial charge in [-0.1, -0.05) is 53.2 Å². The molecule has 0 amide bonds. The summed E-state index contributed by atoms with van der Waals surface area (Å²) >= 11 is 0. The highest BCUT2D eigenvalue weighted by Crippen LogP contribution is 2.68. The Morgan fingerprint density at radius 1 is 1.06 bits per heavy atom. The summed E-state index contributed by atoms with van der Waals surface area (Å²) in [5, 5.41) is 20.3. The van der Waals surface area contributed by atoms with E-state index in [1.807, 2.05) is 0 Å². The molecule has 4 aliphatic carbocycles. The van der Waals surface area contributed by atoms with Crippen molar-refractivity contribution in [2.24, 2.45) is 57.7 Å². The van der Waals surface area contributed by atoms with Crippen LogP contribution in [0.4, 0.5) is 0 Å². The highest BCUT2D eigenvalue weighted by atomic mass is 16.3. The first-order valence-electron chi connectivity index (χ1n) is 13.9. The average Bonchev–Trinajstić information content (AvgIpc) is 3.34. The van der Waals surface area contributed by atoms with Gasteiger partial charge in [-0.25, -0.2) is 0 Å². The fourth-order valence-corrected chi connectivity index (χ4v) is 9.12. The molecule has 2 N–H and O–H groups in total. The number of carbonyl (C=O) groups is 1. The minimum atomic E-state index is -0.381. The number of hydrogen-bond acceptors (Lipinski definition) is 3. The molecule has 0 bridgehead atoms. The molecule has 10 atom stereocenters. The first kappa shape index (κ1) is 25.4. The van der Waals surface area contributed by atoms with E-state index in [2.05, 4.69) is 54.5 Å². The number of hydrogen-bond donors (Lipinski definition) is 2. The van der Waals surface area contributed by atoms with Gasteiger partial charge in [-0.15, -0.1) is 0 Å². The monoisotopic (exact) mass is 458 g/mol. The third-order valence-corrected chi connectivity index (χ3v) is 11.9. The highest BCUT2D eigenvalue weighted by molar-refractivity contribution is 5.91. The third-order valence-electron chi connectivity index (χ3n) is 11.9. The summed E-state index contributed by atoms with van der Waals surface area (Å²) in [4.78, 5) is 14.0. The molecule has 0 aliphatic heterocycles. The second-order valence-corrected chi connectivity index (χ2v) is 13.6. The second-order valence-electron chi connectivity index (χ2n) is 13.6. The maximum absolute atomic E-state index is 14.0. The van der Waals surface area contributed by atoms with Crippen molar-refractivity contribution in [1.29, 1.82) is 0 Å². The molecule has 0 spiro atoms. The fourth-order valence-electron chi connectivity index (χ4n) is 9.12. The van der Waals surface area contributed by atoms with Crippen LogP contribution in [0, 0.1) is 57.7 Å². The van der Waals surface area contributed by atoms with E-state index in [0.717, 1.165) is 43.9 Å². The Morgan fingerprint density at radius 3 is 2.39 bits per heavy atom. The van der Waals surface area contributed by atoms with Crippen molar-refractivity contribution in [3.05, 3.63) is 11.6 Å². The van der Waals surface area contributed by atoms with Crippen LogP contribution in [0.3, 0.4) is 0 Å². The molecule has 0 aromatic carbocycles. The van der Waals surface area contributed by atoms with Crippen LogP contribution in [0.2, 0.25) is 0 Å². The second kappa shape index (κ2) is 8.77. The number of aliphatic hydroxyl groups is 2. The summed E-state index contributed by atoms with van der Waals surface area (Å²) < 4.78 is 0. The van der Waals surface area contributed by atoms with Gasteiger partial charge < -0.3 is 10.2 Å². The predicted octanol–water partition coefficient (Wildman–Crippen LogP) is 6.42. The summed E-state index contributed by atoms with van der Waals surface area (Å²) in [5.74, 6) is 4.30. The molecule has 0 radical (unpaired) electrons. The zero-order valence-electron chi connectivity index (χ0n) is 22.4. The molecule has 0 aromatic heterocycles. The van der Waals surface area contributed by atoms with Gasteiger partial charge in [0, 0.05) is 17.9 Å². The SMILES string of the molecule is CC(C)C(C)C1(C)CC1C(C)C1CCC(C2CC=C3CC(O)CCC3(C)C2=O)C1(C)CCO. The van der Waals surface area contributed by atoms with E-state index in [1.54, 1.807) is 0 Å².